The summed E-state index contributed by atoms with van der Waals surface area (Å²) in [6.45, 7) is 5.16. The van der Waals surface area contributed by atoms with Gasteiger partial charge in [-0.2, -0.15) is 0 Å². The molecule has 0 aliphatic rings. The molecule has 3 heteroatoms. The average Bonchev–Trinajstić information content (AvgIpc) is 2.53. The zero-order valence-corrected chi connectivity index (χ0v) is 14.0. The minimum absolute atomic E-state index is 0.259. The van der Waals surface area contributed by atoms with Crippen molar-refractivity contribution >= 4 is 17.3 Å². The van der Waals surface area contributed by atoms with Crippen LogP contribution >= 0.6 is 0 Å². The number of rotatable bonds is 8. The lowest BCUT2D eigenvalue weighted by Gasteiger charge is -2.28. The Hall–Kier alpha value is -2.29. The lowest BCUT2D eigenvalue weighted by molar-refractivity contribution is -0.137. The number of carboxylic acid groups (broad SMARTS) is 1. The first-order chi connectivity index (χ1) is 11.1. The van der Waals surface area contributed by atoms with Gasteiger partial charge in [0.2, 0.25) is 0 Å². The zero-order valence-electron chi connectivity index (χ0n) is 14.0. The molecule has 0 saturated heterocycles. The molecule has 0 aliphatic heterocycles. The average molecular weight is 311 g/mol. The lowest BCUT2D eigenvalue weighted by Crippen LogP contribution is -2.20. The van der Waals surface area contributed by atoms with Crippen LogP contribution in [0.5, 0.6) is 0 Å². The molecular formula is C20H25NO2. The third-order valence-corrected chi connectivity index (χ3v) is 4.08. The van der Waals surface area contributed by atoms with Crippen LogP contribution in [0.4, 0.5) is 11.4 Å². The molecule has 0 bridgehead atoms. The summed E-state index contributed by atoms with van der Waals surface area (Å²) in [5.74, 6) is -0.709. The maximum absolute atomic E-state index is 10.6. The van der Waals surface area contributed by atoms with Crippen molar-refractivity contribution in [3.63, 3.8) is 0 Å². The van der Waals surface area contributed by atoms with E-state index in [9.17, 15) is 4.79 Å². The molecule has 1 N–H and O–H groups in total. The van der Waals surface area contributed by atoms with Crippen LogP contribution in [0.1, 0.15) is 36.8 Å². The maximum atomic E-state index is 10.6. The number of hydrogen-bond donors (Lipinski definition) is 1. The Morgan fingerprint density at radius 3 is 1.87 bits per heavy atom. The number of carboxylic acids is 1. The van der Waals surface area contributed by atoms with Crippen LogP contribution in [0.2, 0.25) is 0 Å². The van der Waals surface area contributed by atoms with Crippen molar-refractivity contribution in [2.24, 2.45) is 0 Å². The van der Waals surface area contributed by atoms with E-state index in [0.29, 0.717) is 0 Å². The van der Waals surface area contributed by atoms with Crippen LogP contribution in [0, 0.1) is 13.8 Å². The minimum atomic E-state index is -0.709. The number of aliphatic carboxylic acids is 1. The second-order valence-electron chi connectivity index (χ2n) is 5.93. The number of anilines is 2. The predicted octanol–water partition coefficient (Wildman–Crippen LogP) is 5.09. The molecule has 0 atom stereocenters. The van der Waals surface area contributed by atoms with Gasteiger partial charge in [-0.05, 0) is 49.9 Å². The van der Waals surface area contributed by atoms with E-state index in [0.717, 1.165) is 25.8 Å². The highest BCUT2D eigenvalue weighted by atomic mass is 16.4. The Morgan fingerprint density at radius 2 is 1.39 bits per heavy atom. The Bertz CT molecular complexity index is 606. The Balaban J connectivity index is 2.15. The highest BCUT2D eigenvalue weighted by Gasteiger charge is 2.13. The van der Waals surface area contributed by atoms with Gasteiger partial charge >= 0.3 is 5.97 Å². The molecule has 23 heavy (non-hydrogen) atoms. The van der Waals surface area contributed by atoms with Crippen LogP contribution in [0.25, 0.3) is 0 Å². The monoisotopic (exact) mass is 311 g/mol. The van der Waals surface area contributed by atoms with Crippen molar-refractivity contribution in [3.8, 4) is 0 Å². The van der Waals surface area contributed by atoms with E-state index in [4.69, 9.17) is 5.11 Å². The second-order valence-corrected chi connectivity index (χ2v) is 5.93. The van der Waals surface area contributed by atoms with E-state index in [2.05, 4.69) is 67.3 Å². The summed E-state index contributed by atoms with van der Waals surface area (Å²) in [5.41, 5.74) is 4.95. The predicted molar refractivity (Wildman–Crippen MR) is 95.5 cm³/mol. The van der Waals surface area contributed by atoms with E-state index < -0.39 is 5.97 Å². The van der Waals surface area contributed by atoms with Gasteiger partial charge in [-0.3, -0.25) is 4.79 Å². The molecule has 2 aromatic rings. The molecule has 2 rings (SSSR count). The first kappa shape index (κ1) is 17.1. The van der Waals surface area contributed by atoms with E-state index in [1.54, 1.807) is 0 Å². The van der Waals surface area contributed by atoms with Gasteiger partial charge in [0.05, 0.1) is 0 Å². The molecular weight excluding hydrogens is 286 g/mol. The summed E-state index contributed by atoms with van der Waals surface area (Å²) in [6.07, 6.45) is 2.91. The third-order valence-electron chi connectivity index (χ3n) is 4.08. The summed E-state index contributed by atoms with van der Waals surface area (Å²) in [5, 5.41) is 8.74. The largest absolute Gasteiger partial charge is 0.481 e. The molecule has 3 nitrogen and oxygen atoms in total. The SMILES string of the molecule is Cc1ccccc1N(CCCCCC(=O)O)c1ccccc1C. The van der Waals surface area contributed by atoms with E-state index in [1.165, 1.54) is 22.5 Å². The van der Waals surface area contributed by atoms with Crippen molar-refractivity contribution in [2.45, 2.75) is 39.5 Å². The third kappa shape index (κ3) is 4.85. The normalized spacial score (nSPS) is 10.5. The molecule has 0 unspecified atom stereocenters. The van der Waals surface area contributed by atoms with Gasteiger partial charge in [0.1, 0.15) is 0 Å². The van der Waals surface area contributed by atoms with Crippen LogP contribution in [-0.2, 0) is 4.79 Å². The van der Waals surface area contributed by atoms with E-state index in [1.807, 2.05) is 0 Å². The van der Waals surface area contributed by atoms with E-state index in [-0.39, 0.29) is 6.42 Å². The van der Waals surface area contributed by atoms with Gasteiger partial charge in [-0.15, -0.1) is 0 Å². The minimum Gasteiger partial charge on any atom is -0.481 e. The highest BCUT2D eigenvalue weighted by molar-refractivity contribution is 5.68. The van der Waals surface area contributed by atoms with Crippen molar-refractivity contribution in [3.05, 3.63) is 59.7 Å². The molecule has 0 saturated carbocycles. The standard InChI is InChI=1S/C20H25NO2/c1-16-10-5-7-12-18(16)21(15-9-3-4-14-20(22)23)19-13-8-6-11-17(19)2/h5-8,10-13H,3-4,9,14-15H2,1-2H3,(H,22,23). The molecule has 0 radical (unpaired) electrons. The molecule has 0 amide bonds. The first-order valence-electron chi connectivity index (χ1n) is 8.20. The zero-order chi connectivity index (χ0) is 16.7. The number of para-hydroxylation sites is 2. The van der Waals surface area contributed by atoms with Crippen LogP contribution in [0.3, 0.4) is 0 Å². The number of hydrogen-bond acceptors (Lipinski definition) is 2. The maximum Gasteiger partial charge on any atom is 0.303 e. The summed E-state index contributed by atoms with van der Waals surface area (Å²) < 4.78 is 0. The number of unbranched alkanes of at least 4 members (excludes halogenated alkanes) is 2. The molecule has 0 heterocycles. The fourth-order valence-electron chi connectivity index (χ4n) is 2.83. The molecule has 0 fully saturated rings. The number of nitrogens with zero attached hydrogens (tertiary/aromatic N) is 1. The fourth-order valence-corrected chi connectivity index (χ4v) is 2.83. The van der Waals surface area contributed by atoms with Gasteiger partial charge < -0.3 is 10.0 Å². The summed E-state index contributed by atoms with van der Waals surface area (Å²) in [7, 11) is 0. The molecule has 0 aromatic heterocycles. The highest BCUT2D eigenvalue weighted by Crippen LogP contribution is 2.31. The van der Waals surface area contributed by atoms with Crippen LogP contribution in [-0.4, -0.2) is 17.6 Å². The fraction of sp³-hybridized carbons (Fsp3) is 0.350. The van der Waals surface area contributed by atoms with Crippen molar-refractivity contribution < 1.29 is 9.90 Å². The van der Waals surface area contributed by atoms with Crippen molar-refractivity contribution in [1.82, 2.24) is 0 Å². The molecule has 0 aliphatic carbocycles. The summed E-state index contributed by atoms with van der Waals surface area (Å²) >= 11 is 0. The Kier molecular flexibility index (Phi) is 6.21. The van der Waals surface area contributed by atoms with Gasteiger partial charge in [0.25, 0.3) is 0 Å². The van der Waals surface area contributed by atoms with Crippen LogP contribution in [0.15, 0.2) is 48.5 Å². The molecule has 2 aromatic carbocycles. The van der Waals surface area contributed by atoms with Gasteiger partial charge in [-0.25, -0.2) is 0 Å². The quantitative estimate of drug-likeness (QED) is 0.691. The van der Waals surface area contributed by atoms with Crippen molar-refractivity contribution in [1.29, 1.82) is 0 Å². The molecule has 122 valence electrons. The van der Waals surface area contributed by atoms with Gasteiger partial charge in [-0.1, -0.05) is 42.8 Å². The first-order valence-corrected chi connectivity index (χ1v) is 8.20. The van der Waals surface area contributed by atoms with E-state index >= 15 is 0 Å². The Morgan fingerprint density at radius 1 is 0.870 bits per heavy atom. The Labute approximate surface area is 138 Å². The summed E-state index contributed by atoms with van der Waals surface area (Å²) in [4.78, 5) is 13.0. The smallest absolute Gasteiger partial charge is 0.303 e. The van der Waals surface area contributed by atoms with Gasteiger partial charge in [0.15, 0.2) is 0 Å². The second kappa shape index (κ2) is 8.37. The number of carbonyl (C=O) groups is 1. The number of benzene rings is 2. The van der Waals surface area contributed by atoms with Gasteiger partial charge in [0, 0.05) is 24.3 Å². The van der Waals surface area contributed by atoms with Crippen molar-refractivity contribution in [2.75, 3.05) is 11.4 Å². The van der Waals surface area contributed by atoms with Crippen LogP contribution < -0.4 is 4.90 Å². The molecule has 0 spiro atoms. The topological polar surface area (TPSA) is 40.5 Å². The lowest BCUT2D eigenvalue weighted by atomic mass is 10.1. The summed E-state index contributed by atoms with van der Waals surface area (Å²) in [6, 6.07) is 16.8. The number of aryl methyl sites for hydroxylation is 2.